The quantitative estimate of drug-likeness (QED) is 0.796. The first-order valence-corrected chi connectivity index (χ1v) is 8.70. The van der Waals surface area contributed by atoms with Crippen molar-refractivity contribution in [3.63, 3.8) is 0 Å². The Morgan fingerprint density at radius 2 is 1.91 bits per heavy atom. The van der Waals surface area contributed by atoms with Crippen molar-refractivity contribution >= 4 is 22.4 Å². The van der Waals surface area contributed by atoms with Crippen LogP contribution in [0, 0.1) is 11.7 Å². The maximum absolute atomic E-state index is 13.0. The van der Waals surface area contributed by atoms with Gasteiger partial charge in [0.25, 0.3) is 0 Å². The standard InChI is InChI=1S/C17H20FN3OS/c1-11(2)16-19-17(23-20-16)21-9-7-13(8-10-21)15(22)12-3-5-14(18)6-4-12/h3-6,11,13H,7-10H2,1-2H3. The van der Waals surface area contributed by atoms with Gasteiger partial charge in [-0.15, -0.1) is 0 Å². The van der Waals surface area contributed by atoms with E-state index in [0.29, 0.717) is 11.5 Å². The number of ketones is 1. The lowest BCUT2D eigenvalue weighted by atomic mass is 9.89. The summed E-state index contributed by atoms with van der Waals surface area (Å²) in [6, 6.07) is 5.83. The molecular weight excluding hydrogens is 313 g/mol. The van der Waals surface area contributed by atoms with Gasteiger partial charge in [-0.1, -0.05) is 13.8 Å². The molecule has 0 bridgehead atoms. The van der Waals surface area contributed by atoms with Gasteiger partial charge < -0.3 is 4.90 Å². The molecule has 0 radical (unpaired) electrons. The zero-order valence-electron chi connectivity index (χ0n) is 13.3. The van der Waals surface area contributed by atoms with Gasteiger partial charge in [0.05, 0.1) is 0 Å². The van der Waals surface area contributed by atoms with Crippen LogP contribution in [0.5, 0.6) is 0 Å². The number of benzene rings is 1. The smallest absolute Gasteiger partial charge is 0.205 e. The number of halogens is 1. The molecule has 2 heterocycles. The Morgan fingerprint density at radius 1 is 1.26 bits per heavy atom. The van der Waals surface area contributed by atoms with Gasteiger partial charge in [0, 0.05) is 42.0 Å². The van der Waals surface area contributed by atoms with Gasteiger partial charge in [0.1, 0.15) is 11.6 Å². The highest BCUT2D eigenvalue weighted by Crippen LogP contribution is 2.28. The number of aromatic nitrogens is 2. The summed E-state index contributed by atoms with van der Waals surface area (Å²) < 4.78 is 17.3. The second-order valence-corrected chi connectivity index (χ2v) is 6.95. The van der Waals surface area contributed by atoms with Crippen molar-refractivity contribution < 1.29 is 9.18 Å². The van der Waals surface area contributed by atoms with E-state index >= 15 is 0 Å². The predicted molar refractivity (Wildman–Crippen MR) is 89.7 cm³/mol. The van der Waals surface area contributed by atoms with E-state index in [4.69, 9.17) is 0 Å². The van der Waals surface area contributed by atoms with Gasteiger partial charge in [-0.2, -0.15) is 4.37 Å². The fourth-order valence-electron chi connectivity index (χ4n) is 2.77. The molecule has 0 aliphatic carbocycles. The molecule has 0 amide bonds. The fraction of sp³-hybridized carbons (Fsp3) is 0.471. The lowest BCUT2D eigenvalue weighted by Gasteiger charge is -2.30. The minimum atomic E-state index is -0.311. The lowest BCUT2D eigenvalue weighted by Crippen LogP contribution is -2.36. The van der Waals surface area contributed by atoms with Crippen molar-refractivity contribution in [2.24, 2.45) is 5.92 Å². The third-order valence-corrected chi connectivity index (χ3v) is 5.00. The Labute approximate surface area is 139 Å². The van der Waals surface area contributed by atoms with Crippen LogP contribution in [0.1, 0.15) is 48.8 Å². The first kappa shape index (κ1) is 16.1. The topological polar surface area (TPSA) is 46.1 Å². The second kappa shape index (κ2) is 6.74. The van der Waals surface area contributed by atoms with Crippen LogP contribution in [0.4, 0.5) is 9.52 Å². The minimum Gasteiger partial charge on any atom is -0.347 e. The number of carbonyl (C=O) groups excluding carboxylic acids is 1. The maximum Gasteiger partial charge on any atom is 0.205 e. The van der Waals surface area contributed by atoms with Crippen LogP contribution in [0.3, 0.4) is 0 Å². The molecule has 3 rings (SSSR count). The zero-order chi connectivity index (χ0) is 16.4. The monoisotopic (exact) mass is 333 g/mol. The molecule has 0 N–H and O–H groups in total. The van der Waals surface area contributed by atoms with Crippen LogP contribution < -0.4 is 4.90 Å². The Bertz CT molecular complexity index is 675. The highest BCUT2D eigenvalue weighted by Gasteiger charge is 2.27. The van der Waals surface area contributed by atoms with Crippen LogP contribution in [0.2, 0.25) is 0 Å². The van der Waals surface area contributed by atoms with Crippen molar-refractivity contribution in [3.8, 4) is 0 Å². The van der Waals surface area contributed by atoms with E-state index in [2.05, 4.69) is 28.1 Å². The van der Waals surface area contributed by atoms with Crippen molar-refractivity contribution in [1.82, 2.24) is 9.36 Å². The van der Waals surface area contributed by atoms with E-state index in [1.54, 1.807) is 12.1 Å². The molecule has 0 unspecified atom stereocenters. The molecule has 1 aromatic heterocycles. The molecule has 1 aliphatic heterocycles. The molecular formula is C17H20FN3OS. The summed E-state index contributed by atoms with van der Waals surface area (Å²) in [5.74, 6) is 1.03. The summed E-state index contributed by atoms with van der Waals surface area (Å²) in [6.45, 7) is 5.79. The summed E-state index contributed by atoms with van der Waals surface area (Å²) >= 11 is 1.43. The summed E-state index contributed by atoms with van der Waals surface area (Å²) in [6.07, 6.45) is 1.60. The van der Waals surface area contributed by atoms with E-state index in [1.165, 1.54) is 23.7 Å². The number of rotatable bonds is 4. The zero-order valence-corrected chi connectivity index (χ0v) is 14.1. The Balaban J connectivity index is 1.61. The first-order chi connectivity index (χ1) is 11.0. The van der Waals surface area contributed by atoms with Crippen LogP contribution in [0.25, 0.3) is 0 Å². The number of hydrogen-bond acceptors (Lipinski definition) is 5. The molecule has 23 heavy (non-hydrogen) atoms. The highest BCUT2D eigenvalue weighted by molar-refractivity contribution is 7.09. The second-order valence-electron chi connectivity index (χ2n) is 6.22. The Kier molecular flexibility index (Phi) is 4.71. The van der Waals surface area contributed by atoms with E-state index < -0.39 is 0 Å². The molecule has 0 atom stereocenters. The summed E-state index contributed by atoms with van der Waals surface area (Å²) in [5, 5.41) is 0.946. The van der Waals surface area contributed by atoms with Gasteiger partial charge in [-0.05, 0) is 37.1 Å². The van der Waals surface area contributed by atoms with Gasteiger partial charge in [0.15, 0.2) is 5.78 Å². The summed E-state index contributed by atoms with van der Waals surface area (Å²) in [4.78, 5) is 19.3. The molecule has 6 heteroatoms. The minimum absolute atomic E-state index is 0.00852. The SMILES string of the molecule is CC(C)c1nsc(N2CCC(C(=O)c3ccc(F)cc3)CC2)n1. The number of piperidine rings is 1. The molecule has 1 saturated heterocycles. The first-order valence-electron chi connectivity index (χ1n) is 7.93. The Morgan fingerprint density at radius 3 is 2.48 bits per heavy atom. The van der Waals surface area contributed by atoms with Crippen molar-refractivity contribution in [1.29, 1.82) is 0 Å². The Hall–Kier alpha value is -1.82. The van der Waals surface area contributed by atoms with Gasteiger partial charge >= 0.3 is 0 Å². The molecule has 2 aromatic rings. The normalized spacial score (nSPS) is 16.1. The van der Waals surface area contributed by atoms with Crippen molar-refractivity contribution in [2.45, 2.75) is 32.6 Å². The molecule has 4 nitrogen and oxygen atoms in total. The van der Waals surface area contributed by atoms with Crippen LogP contribution in [0.15, 0.2) is 24.3 Å². The predicted octanol–water partition coefficient (Wildman–Crippen LogP) is 3.90. The molecule has 1 aliphatic rings. The number of anilines is 1. The number of Topliss-reactive ketones (excluding diaryl/α,β-unsaturated/α-hetero) is 1. The molecule has 1 aromatic carbocycles. The highest BCUT2D eigenvalue weighted by atomic mass is 32.1. The van der Waals surface area contributed by atoms with Crippen molar-refractivity contribution in [2.75, 3.05) is 18.0 Å². The van der Waals surface area contributed by atoms with E-state index in [9.17, 15) is 9.18 Å². The molecule has 122 valence electrons. The molecule has 0 saturated carbocycles. The van der Waals surface area contributed by atoms with E-state index in [-0.39, 0.29) is 17.5 Å². The maximum atomic E-state index is 13.0. The van der Waals surface area contributed by atoms with Gasteiger partial charge in [-0.25, -0.2) is 9.37 Å². The average molecular weight is 333 g/mol. The largest absolute Gasteiger partial charge is 0.347 e. The summed E-state index contributed by atoms with van der Waals surface area (Å²) in [5.41, 5.74) is 0.600. The average Bonchev–Trinajstić information content (AvgIpc) is 3.05. The number of hydrogen-bond donors (Lipinski definition) is 0. The number of carbonyl (C=O) groups is 1. The van der Waals surface area contributed by atoms with Crippen LogP contribution in [-0.2, 0) is 0 Å². The summed E-state index contributed by atoms with van der Waals surface area (Å²) in [7, 11) is 0. The third kappa shape index (κ3) is 3.58. The fourth-order valence-corrected chi connectivity index (χ4v) is 3.63. The van der Waals surface area contributed by atoms with E-state index in [0.717, 1.165) is 36.9 Å². The molecule has 0 spiro atoms. The lowest BCUT2D eigenvalue weighted by molar-refractivity contribution is 0.0900. The third-order valence-electron chi connectivity index (χ3n) is 4.21. The van der Waals surface area contributed by atoms with Gasteiger partial charge in [0.2, 0.25) is 5.13 Å². The molecule has 1 fully saturated rings. The van der Waals surface area contributed by atoms with Crippen LogP contribution >= 0.6 is 11.5 Å². The number of nitrogens with zero attached hydrogens (tertiary/aromatic N) is 3. The van der Waals surface area contributed by atoms with Crippen LogP contribution in [-0.4, -0.2) is 28.2 Å². The van der Waals surface area contributed by atoms with Crippen molar-refractivity contribution in [3.05, 3.63) is 41.5 Å². The van der Waals surface area contributed by atoms with E-state index in [1.807, 2.05) is 0 Å². The van der Waals surface area contributed by atoms with Gasteiger partial charge in [-0.3, -0.25) is 4.79 Å².